The Kier molecular flexibility index (Phi) is 5.67. The number of rotatable bonds is 8. The van der Waals surface area contributed by atoms with Crippen LogP contribution in [0, 0.1) is 4.91 Å². The van der Waals surface area contributed by atoms with Crippen LogP contribution in [-0.4, -0.2) is 62.9 Å². The summed E-state index contributed by atoms with van der Waals surface area (Å²) in [5.41, 5.74) is 2.60. The number of hydrogen-bond acceptors (Lipinski definition) is 10. The standard InChI is InChI=1S/C16H23N5O6/c1-4-26-20-13-11-9(5-19-24)6-21(14(11)18-8-17-13)15-16(2,25-3)12(23)10(7-22)27-15/h6,8,10,12,15,22-23H,4-5,7H2,1-3H3,(H,17,18,20)/t10?,12?,15-,16-/m1/s1. The highest BCUT2D eigenvalue weighted by Crippen LogP contribution is 2.43. The highest BCUT2D eigenvalue weighted by Gasteiger charge is 2.54. The molecule has 2 unspecified atom stereocenters. The fourth-order valence-electron chi connectivity index (χ4n) is 3.34. The Balaban J connectivity index is 2.15. The lowest BCUT2D eigenvalue weighted by molar-refractivity contribution is -0.118. The average Bonchev–Trinajstić information content (AvgIpc) is 3.17. The summed E-state index contributed by atoms with van der Waals surface area (Å²) in [6.07, 6.45) is 0.314. The van der Waals surface area contributed by atoms with E-state index in [0.717, 1.165) is 0 Å². The van der Waals surface area contributed by atoms with E-state index in [-0.39, 0.29) is 13.2 Å². The maximum absolute atomic E-state index is 10.9. The van der Waals surface area contributed by atoms with Crippen LogP contribution in [0.5, 0.6) is 0 Å². The molecule has 4 atom stereocenters. The SMILES string of the molecule is CCONc1ncnc2c1c(CN=O)cn2[C@@H]1OC(CO)C(O)[C@@]1(C)OC. The van der Waals surface area contributed by atoms with Crippen molar-refractivity contribution in [2.24, 2.45) is 5.18 Å². The van der Waals surface area contributed by atoms with Crippen molar-refractivity contribution >= 4 is 16.9 Å². The van der Waals surface area contributed by atoms with E-state index in [1.165, 1.54) is 13.4 Å². The molecule has 0 spiro atoms. The van der Waals surface area contributed by atoms with E-state index >= 15 is 0 Å². The molecule has 2 aromatic rings. The topological polar surface area (TPSA) is 140 Å². The second-order valence-corrected chi connectivity index (χ2v) is 6.35. The third-order valence-corrected chi connectivity index (χ3v) is 4.84. The van der Waals surface area contributed by atoms with Crippen LogP contribution < -0.4 is 5.48 Å². The van der Waals surface area contributed by atoms with Crippen LogP contribution >= 0.6 is 0 Å². The number of nitrogens with one attached hydrogen (secondary N) is 1. The average molecular weight is 381 g/mol. The molecule has 3 N–H and O–H groups in total. The summed E-state index contributed by atoms with van der Waals surface area (Å²) in [6, 6.07) is 0. The van der Waals surface area contributed by atoms with Crippen LogP contribution in [-0.2, 0) is 20.9 Å². The number of fused-ring (bicyclic) bond motifs is 1. The number of aliphatic hydroxyl groups is 2. The van der Waals surface area contributed by atoms with Gasteiger partial charge >= 0.3 is 0 Å². The second kappa shape index (κ2) is 7.82. The first-order valence-electron chi connectivity index (χ1n) is 8.52. The molecule has 1 saturated heterocycles. The molecule has 27 heavy (non-hydrogen) atoms. The van der Waals surface area contributed by atoms with Crippen molar-refractivity contribution in [3.8, 4) is 0 Å². The minimum absolute atomic E-state index is 0.111. The summed E-state index contributed by atoms with van der Waals surface area (Å²) in [4.78, 5) is 24.6. The Morgan fingerprint density at radius 2 is 2.26 bits per heavy atom. The molecule has 0 aromatic carbocycles. The van der Waals surface area contributed by atoms with Gasteiger partial charge in [-0.15, -0.1) is 0 Å². The molecule has 0 bridgehead atoms. The molecular weight excluding hydrogens is 358 g/mol. The van der Waals surface area contributed by atoms with E-state index in [4.69, 9.17) is 14.3 Å². The summed E-state index contributed by atoms with van der Waals surface area (Å²) in [5.74, 6) is 0.385. The van der Waals surface area contributed by atoms with Gasteiger partial charge in [-0.2, -0.15) is 4.91 Å². The molecule has 0 saturated carbocycles. The zero-order valence-electron chi connectivity index (χ0n) is 15.3. The van der Waals surface area contributed by atoms with Gasteiger partial charge in [-0.05, 0) is 13.8 Å². The number of aliphatic hydroxyl groups excluding tert-OH is 2. The van der Waals surface area contributed by atoms with Gasteiger partial charge < -0.3 is 24.3 Å². The van der Waals surface area contributed by atoms with Gasteiger partial charge in [0.1, 0.15) is 36.3 Å². The van der Waals surface area contributed by atoms with Crippen molar-refractivity contribution in [3.05, 3.63) is 23.0 Å². The van der Waals surface area contributed by atoms with Crippen LogP contribution in [0.1, 0.15) is 25.6 Å². The van der Waals surface area contributed by atoms with Crippen LogP contribution in [0.15, 0.2) is 17.7 Å². The van der Waals surface area contributed by atoms with Gasteiger partial charge in [0.05, 0.1) is 18.6 Å². The third kappa shape index (κ3) is 3.17. The molecule has 0 amide bonds. The van der Waals surface area contributed by atoms with Gasteiger partial charge in [-0.3, -0.25) is 4.84 Å². The molecule has 3 rings (SSSR count). The number of methoxy groups -OCH3 is 1. The molecule has 1 fully saturated rings. The van der Waals surface area contributed by atoms with Crippen LogP contribution in [0.2, 0.25) is 0 Å². The van der Waals surface area contributed by atoms with E-state index in [1.54, 1.807) is 17.7 Å². The van der Waals surface area contributed by atoms with Crippen LogP contribution in [0.25, 0.3) is 11.0 Å². The smallest absolute Gasteiger partial charge is 0.167 e. The normalized spacial score (nSPS) is 28.0. The first kappa shape index (κ1) is 19.6. The number of hydrogen-bond donors (Lipinski definition) is 3. The molecular formula is C16H23N5O6. The molecule has 0 aliphatic carbocycles. The largest absolute Gasteiger partial charge is 0.394 e. The van der Waals surface area contributed by atoms with Crippen molar-refractivity contribution in [3.63, 3.8) is 0 Å². The Morgan fingerprint density at radius 1 is 1.48 bits per heavy atom. The Bertz CT molecular complexity index is 814. The molecule has 3 heterocycles. The lowest BCUT2D eigenvalue weighted by atomic mass is 9.96. The van der Waals surface area contributed by atoms with Gasteiger partial charge in [0.25, 0.3) is 0 Å². The van der Waals surface area contributed by atoms with E-state index in [0.29, 0.717) is 29.0 Å². The summed E-state index contributed by atoms with van der Waals surface area (Å²) in [6.45, 7) is 3.43. The van der Waals surface area contributed by atoms with Crippen molar-refractivity contribution in [1.82, 2.24) is 14.5 Å². The van der Waals surface area contributed by atoms with Gasteiger partial charge in [-0.25, -0.2) is 15.4 Å². The van der Waals surface area contributed by atoms with Crippen molar-refractivity contribution in [1.29, 1.82) is 0 Å². The quantitative estimate of drug-likeness (QED) is 0.445. The summed E-state index contributed by atoms with van der Waals surface area (Å²) in [7, 11) is 1.45. The van der Waals surface area contributed by atoms with Crippen molar-refractivity contribution in [2.75, 3.05) is 25.8 Å². The first-order valence-corrected chi connectivity index (χ1v) is 8.52. The molecule has 11 heteroatoms. The third-order valence-electron chi connectivity index (χ3n) is 4.84. The minimum atomic E-state index is -1.15. The Morgan fingerprint density at radius 3 is 2.89 bits per heavy atom. The lowest BCUT2D eigenvalue weighted by Gasteiger charge is -2.31. The number of nitrogens with zero attached hydrogens (tertiary/aromatic N) is 4. The number of nitroso groups, excluding NO2 is 1. The highest BCUT2D eigenvalue weighted by atomic mass is 16.6. The highest BCUT2D eigenvalue weighted by molar-refractivity contribution is 5.90. The fourth-order valence-corrected chi connectivity index (χ4v) is 3.34. The second-order valence-electron chi connectivity index (χ2n) is 6.35. The predicted octanol–water partition coefficient (Wildman–Crippen LogP) is 0.717. The lowest BCUT2D eigenvalue weighted by Crippen LogP contribution is -2.46. The molecule has 1 aliphatic rings. The van der Waals surface area contributed by atoms with Crippen LogP contribution in [0.3, 0.4) is 0 Å². The molecule has 1 aliphatic heterocycles. The van der Waals surface area contributed by atoms with Crippen LogP contribution in [0.4, 0.5) is 5.82 Å². The molecule has 148 valence electrons. The predicted molar refractivity (Wildman–Crippen MR) is 94.7 cm³/mol. The summed E-state index contributed by atoms with van der Waals surface area (Å²) >= 11 is 0. The van der Waals surface area contributed by atoms with Gasteiger partial charge in [0.2, 0.25) is 0 Å². The number of ether oxygens (including phenoxy) is 2. The first-order chi connectivity index (χ1) is 13.0. The Hall–Kier alpha value is -2.18. The minimum Gasteiger partial charge on any atom is -0.394 e. The summed E-state index contributed by atoms with van der Waals surface area (Å²) in [5, 5.41) is 23.6. The van der Waals surface area contributed by atoms with E-state index < -0.39 is 24.0 Å². The number of anilines is 1. The zero-order chi connectivity index (χ0) is 19.6. The molecule has 2 aromatic heterocycles. The molecule has 0 radical (unpaired) electrons. The van der Waals surface area contributed by atoms with Gasteiger partial charge in [0.15, 0.2) is 12.0 Å². The maximum Gasteiger partial charge on any atom is 0.167 e. The summed E-state index contributed by atoms with van der Waals surface area (Å²) < 4.78 is 13.1. The van der Waals surface area contributed by atoms with E-state index in [9.17, 15) is 15.1 Å². The number of aromatic nitrogens is 3. The van der Waals surface area contributed by atoms with E-state index in [2.05, 4.69) is 20.6 Å². The maximum atomic E-state index is 10.9. The Labute approximate surface area is 155 Å². The van der Waals surface area contributed by atoms with Crippen molar-refractivity contribution < 1.29 is 24.5 Å². The monoisotopic (exact) mass is 381 g/mol. The van der Waals surface area contributed by atoms with Crippen molar-refractivity contribution in [2.45, 2.75) is 44.4 Å². The van der Waals surface area contributed by atoms with Gasteiger partial charge in [-0.1, -0.05) is 5.18 Å². The van der Waals surface area contributed by atoms with E-state index in [1.807, 2.05) is 6.92 Å². The van der Waals surface area contributed by atoms with Gasteiger partial charge in [0, 0.05) is 18.9 Å². The molecule has 11 nitrogen and oxygen atoms in total. The fraction of sp³-hybridized carbons (Fsp3) is 0.625. The zero-order valence-corrected chi connectivity index (χ0v) is 15.3.